The van der Waals surface area contributed by atoms with Crippen molar-refractivity contribution >= 4 is 41.8 Å². The molecule has 7 heteroatoms. The van der Waals surface area contributed by atoms with E-state index >= 15 is 0 Å². The van der Waals surface area contributed by atoms with Gasteiger partial charge in [-0.15, -0.1) is 24.8 Å². The molecule has 1 aromatic heterocycles. The fourth-order valence-corrected chi connectivity index (χ4v) is 2.68. The molecule has 0 radical (unpaired) electrons. The summed E-state index contributed by atoms with van der Waals surface area (Å²) >= 11 is 0. The molecular weight excluding hydrogens is 371 g/mol. The van der Waals surface area contributed by atoms with E-state index in [4.69, 9.17) is 5.73 Å². The molecule has 0 bridgehead atoms. The van der Waals surface area contributed by atoms with Crippen LogP contribution in [-0.4, -0.2) is 22.0 Å². The van der Waals surface area contributed by atoms with Gasteiger partial charge < -0.3 is 15.6 Å². The first-order chi connectivity index (χ1) is 11.6. The van der Waals surface area contributed by atoms with Crippen LogP contribution < -0.4 is 11.1 Å². The fourth-order valence-electron chi connectivity index (χ4n) is 2.68. The number of aryl methyl sites for hydroxylation is 2. The van der Waals surface area contributed by atoms with E-state index in [1.54, 1.807) is 0 Å². The summed E-state index contributed by atoms with van der Waals surface area (Å²) in [5.74, 6) is -0.144. The molecule has 2 aromatic carbocycles. The van der Waals surface area contributed by atoms with E-state index in [2.05, 4.69) is 14.9 Å². The van der Waals surface area contributed by atoms with E-state index in [0.29, 0.717) is 6.54 Å². The molecule has 0 spiro atoms. The molecular formula is C19H24Cl2N4O. The van der Waals surface area contributed by atoms with E-state index in [1.165, 1.54) is 0 Å². The Morgan fingerprint density at radius 2 is 1.85 bits per heavy atom. The van der Waals surface area contributed by atoms with Gasteiger partial charge in [-0.3, -0.25) is 4.79 Å². The second-order valence-corrected chi connectivity index (χ2v) is 5.96. The minimum absolute atomic E-state index is 0. The zero-order valence-corrected chi connectivity index (χ0v) is 16.2. The molecule has 1 atom stereocenters. The van der Waals surface area contributed by atoms with Crippen molar-refractivity contribution in [2.45, 2.75) is 25.9 Å². The zero-order chi connectivity index (χ0) is 16.9. The van der Waals surface area contributed by atoms with Crippen LogP contribution in [0.15, 0.2) is 54.9 Å². The van der Waals surface area contributed by atoms with Crippen LogP contribution in [-0.2, 0) is 11.3 Å². The highest BCUT2D eigenvalue weighted by Gasteiger charge is 2.14. The normalized spacial score (nSPS) is 11.3. The Balaban J connectivity index is 0.00000169. The minimum atomic E-state index is -0.625. The smallest absolute Gasteiger partial charge is 0.241 e. The Kier molecular flexibility index (Phi) is 8.58. The van der Waals surface area contributed by atoms with E-state index < -0.39 is 6.04 Å². The average Bonchev–Trinajstić information content (AvgIpc) is 3.02. The number of aromatic nitrogens is 2. The molecule has 5 nitrogen and oxygen atoms in total. The first kappa shape index (κ1) is 22.0. The van der Waals surface area contributed by atoms with Gasteiger partial charge in [0.05, 0.1) is 17.4 Å². The Labute approximate surface area is 165 Å². The maximum absolute atomic E-state index is 12.1. The molecule has 0 saturated heterocycles. The third-order valence-electron chi connectivity index (χ3n) is 4.12. The highest BCUT2D eigenvalue weighted by Crippen LogP contribution is 2.13. The van der Waals surface area contributed by atoms with Crippen LogP contribution in [0, 0.1) is 6.92 Å². The number of carbonyl (C=O) groups is 1. The highest BCUT2D eigenvalue weighted by atomic mass is 35.5. The summed E-state index contributed by atoms with van der Waals surface area (Å²) in [5.41, 5.74) is 10.1. The molecule has 0 aliphatic heterocycles. The Morgan fingerprint density at radius 1 is 1.15 bits per heavy atom. The number of halogens is 2. The summed E-state index contributed by atoms with van der Waals surface area (Å²) in [7, 11) is 0. The number of carbonyl (C=O) groups excluding carboxylic acids is 1. The van der Waals surface area contributed by atoms with Crippen molar-refractivity contribution in [2.24, 2.45) is 5.73 Å². The van der Waals surface area contributed by atoms with Gasteiger partial charge in [-0.1, -0.05) is 42.0 Å². The van der Waals surface area contributed by atoms with Crippen molar-refractivity contribution in [1.29, 1.82) is 0 Å². The molecule has 3 N–H and O–H groups in total. The quantitative estimate of drug-likeness (QED) is 0.629. The molecule has 0 fully saturated rings. The van der Waals surface area contributed by atoms with Gasteiger partial charge in [0.25, 0.3) is 0 Å². The van der Waals surface area contributed by atoms with Crippen molar-refractivity contribution in [3.05, 3.63) is 66.0 Å². The van der Waals surface area contributed by atoms with Gasteiger partial charge in [-0.2, -0.15) is 0 Å². The minimum Gasteiger partial charge on any atom is -0.354 e. The van der Waals surface area contributed by atoms with Crippen LogP contribution in [0.2, 0.25) is 0 Å². The van der Waals surface area contributed by atoms with Gasteiger partial charge >= 0.3 is 0 Å². The fraction of sp³-hybridized carbons (Fsp3) is 0.263. The summed E-state index contributed by atoms with van der Waals surface area (Å²) in [4.78, 5) is 16.5. The number of fused-ring (bicyclic) bond motifs is 1. The van der Waals surface area contributed by atoms with Crippen LogP contribution in [0.25, 0.3) is 11.0 Å². The van der Waals surface area contributed by atoms with Gasteiger partial charge in [-0.25, -0.2) is 4.98 Å². The van der Waals surface area contributed by atoms with Crippen molar-refractivity contribution < 1.29 is 4.79 Å². The number of imidazole rings is 1. The molecule has 0 saturated carbocycles. The van der Waals surface area contributed by atoms with Crippen LogP contribution in [0.3, 0.4) is 0 Å². The molecule has 1 amide bonds. The Bertz CT molecular complexity index is 833. The lowest BCUT2D eigenvalue weighted by Crippen LogP contribution is -2.34. The average molecular weight is 395 g/mol. The summed E-state index contributed by atoms with van der Waals surface area (Å²) in [6.45, 7) is 3.40. The number of benzene rings is 2. The third kappa shape index (κ3) is 5.21. The lowest BCUT2D eigenvalue weighted by molar-refractivity contribution is -0.122. The standard InChI is InChI=1S/C19H22N4O.2ClH/c1-14-7-9-15(10-8-14)18(20)19(24)21-11-4-12-23-13-22-16-5-2-3-6-17(16)23;;/h2-3,5-10,13,18H,4,11-12,20H2,1H3,(H,21,24);2*1H. The van der Waals surface area contributed by atoms with Crippen molar-refractivity contribution in [3.63, 3.8) is 0 Å². The summed E-state index contributed by atoms with van der Waals surface area (Å²) < 4.78 is 2.10. The molecule has 0 aliphatic rings. The molecule has 26 heavy (non-hydrogen) atoms. The molecule has 1 heterocycles. The topological polar surface area (TPSA) is 72.9 Å². The van der Waals surface area contributed by atoms with Crippen LogP contribution in [0.4, 0.5) is 0 Å². The number of hydrogen-bond acceptors (Lipinski definition) is 3. The lowest BCUT2D eigenvalue weighted by atomic mass is 10.1. The predicted octanol–water partition coefficient (Wildman–Crippen LogP) is 3.39. The summed E-state index contributed by atoms with van der Waals surface area (Å²) in [6.07, 6.45) is 2.66. The SMILES string of the molecule is Cc1ccc(C(N)C(=O)NCCCn2cnc3ccccc32)cc1.Cl.Cl. The Morgan fingerprint density at radius 3 is 2.58 bits per heavy atom. The molecule has 140 valence electrons. The first-order valence-corrected chi connectivity index (χ1v) is 8.15. The second kappa shape index (κ2) is 10.2. The second-order valence-electron chi connectivity index (χ2n) is 5.96. The van der Waals surface area contributed by atoms with Crippen molar-refractivity contribution in [3.8, 4) is 0 Å². The summed E-state index contributed by atoms with van der Waals surface area (Å²) in [5, 5.41) is 2.91. The van der Waals surface area contributed by atoms with Crippen LogP contribution >= 0.6 is 24.8 Å². The monoisotopic (exact) mass is 394 g/mol. The molecule has 3 aromatic rings. The molecule has 1 unspecified atom stereocenters. The van der Waals surface area contributed by atoms with Crippen LogP contribution in [0.5, 0.6) is 0 Å². The number of rotatable bonds is 6. The largest absolute Gasteiger partial charge is 0.354 e. The Hall–Kier alpha value is -2.08. The number of nitrogens with two attached hydrogens (primary N) is 1. The lowest BCUT2D eigenvalue weighted by Gasteiger charge is -2.13. The van der Waals surface area contributed by atoms with Gasteiger partial charge in [0.2, 0.25) is 5.91 Å². The predicted molar refractivity (Wildman–Crippen MR) is 110 cm³/mol. The number of hydrogen-bond donors (Lipinski definition) is 2. The number of nitrogens with one attached hydrogen (secondary N) is 1. The maximum atomic E-state index is 12.1. The first-order valence-electron chi connectivity index (χ1n) is 8.15. The van der Waals surface area contributed by atoms with Gasteiger partial charge in [0.1, 0.15) is 6.04 Å². The van der Waals surface area contributed by atoms with E-state index in [-0.39, 0.29) is 30.7 Å². The zero-order valence-electron chi connectivity index (χ0n) is 14.6. The molecule has 3 rings (SSSR count). The van der Waals surface area contributed by atoms with Gasteiger partial charge in [-0.05, 0) is 31.0 Å². The molecule has 0 aliphatic carbocycles. The third-order valence-corrected chi connectivity index (χ3v) is 4.12. The van der Waals surface area contributed by atoms with Crippen LogP contribution in [0.1, 0.15) is 23.6 Å². The van der Waals surface area contributed by atoms with E-state index in [9.17, 15) is 4.79 Å². The van der Waals surface area contributed by atoms with Crippen molar-refractivity contribution in [1.82, 2.24) is 14.9 Å². The number of nitrogens with zero attached hydrogens (tertiary/aromatic N) is 2. The van der Waals surface area contributed by atoms with Crippen molar-refractivity contribution in [2.75, 3.05) is 6.54 Å². The number of amides is 1. The van der Waals surface area contributed by atoms with E-state index in [1.807, 2.05) is 61.8 Å². The van der Waals surface area contributed by atoms with Gasteiger partial charge in [0, 0.05) is 13.1 Å². The van der Waals surface area contributed by atoms with Gasteiger partial charge in [0.15, 0.2) is 0 Å². The highest BCUT2D eigenvalue weighted by molar-refractivity contribution is 5.85. The van der Waals surface area contributed by atoms with E-state index in [0.717, 1.165) is 35.1 Å². The number of para-hydroxylation sites is 2. The summed E-state index contributed by atoms with van der Waals surface area (Å²) in [6, 6.07) is 15.1. The maximum Gasteiger partial charge on any atom is 0.241 e.